The van der Waals surface area contributed by atoms with Crippen LogP contribution in [0.3, 0.4) is 0 Å². The fourth-order valence-corrected chi connectivity index (χ4v) is 2.60. The smallest absolute Gasteiger partial charge is 0.241 e. The lowest BCUT2D eigenvalue weighted by Crippen LogP contribution is -2.18. The van der Waals surface area contributed by atoms with Crippen molar-refractivity contribution in [1.82, 2.24) is 9.71 Å². The van der Waals surface area contributed by atoms with Crippen LogP contribution in [-0.2, 0) is 10.0 Å². The van der Waals surface area contributed by atoms with Crippen LogP contribution in [0.5, 0.6) is 0 Å². The lowest BCUT2D eigenvalue weighted by molar-refractivity contribution is 0.588. The maximum absolute atomic E-state index is 13.6. The van der Waals surface area contributed by atoms with E-state index in [1.165, 1.54) is 25.4 Å². The van der Waals surface area contributed by atoms with Crippen molar-refractivity contribution in [2.24, 2.45) is 0 Å². The highest BCUT2D eigenvalue weighted by Crippen LogP contribution is 2.20. The number of aromatic nitrogens is 1. The maximum atomic E-state index is 13.6. The third-order valence-corrected chi connectivity index (χ3v) is 4.78. The Kier molecular flexibility index (Phi) is 4.77. The van der Waals surface area contributed by atoms with Crippen LogP contribution in [0.25, 0.3) is 0 Å². The normalized spacial score (nSPS) is 12.9. The van der Waals surface area contributed by atoms with Gasteiger partial charge in [0.2, 0.25) is 10.0 Å². The SMILES string of the molecule is CNS(=O)(=O)c1ccc(NC(C)c2ccc(C)c(F)c2)nc1. The van der Waals surface area contributed by atoms with Crippen molar-refractivity contribution < 1.29 is 12.8 Å². The van der Waals surface area contributed by atoms with Gasteiger partial charge in [-0.3, -0.25) is 0 Å². The Morgan fingerprint density at radius 2 is 1.95 bits per heavy atom. The van der Waals surface area contributed by atoms with E-state index < -0.39 is 10.0 Å². The Morgan fingerprint density at radius 1 is 1.23 bits per heavy atom. The first-order chi connectivity index (χ1) is 10.3. The molecule has 2 N–H and O–H groups in total. The Morgan fingerprint density at radius 3 is 2.50 bits per heavy atom. The molecular formula is C15H18FN3O2S. The number of sulfonamides is 1. The number of hydrogen-bond donors (Lipinski definition) is 2. The van der Waals surface area contributed by atoms with Gasteiger partial charge in [-0.25, -0.2) is 22.5 Å². The molecule has 118 valence electrons. The Bertz CT molecular complexity index is 761. The first-order valence-corrected chi connectivity index (χ1v) is 8.24. The summed E-state index contributed by atoms with van der Waals surface area (Å²) < 4.78 is 39.0. The molecule has 7 heteroatoms. The number of aryl methyl sites for hydroxylation is 1. The summed E-state index contributed by atoms with van der Waals surface area (Å²) in [6.07, 6.45) is 1.27. The number of rotatable bonds is 5. The van der Waals surface area contributed by atoms with Crippen LogP contribution in [-0.4, -0.2) is 20.4 Å². The molecule has 1 unspecified atom stereocenters. The van der Waals surface area contributed by atoms with Crippen LogP contribution in [0.1, 0.15) is 24.1 Å². The molecule has 1 atom stereocenters. The fourth-order valence-electron chi connectivity index (χ4n) is 1.93. The number of halogens is 1. The third kappa shape index (κ3) is 3.61. The van der Waals surface area contributed by atoms with E-state index in [1.807, 2.05) is 13.0 Å². The second-order valence-corrected chi connectivity index (χ2v) is 6.85. The van der Waals surface area contributed by atoms with E-state index >= 15 is 0 Å². The molecule has 0 bridgehead atoms. The summed E-state index contributed by atoms with van der Waals surface area (Å²) in [6, 6.07) is 7.92. The number of anilines is 1. The van der Waals surface area contributed by atoms with Crippen LogP contribution >= 0.6 is 0 Å². The van der Waals surface area contributed by atoms with E-state index in [0.717, 1.165) is 5.56 Å². The van der Waals surface area contributed by atoms with Gasteiger partial charge in [0.25, 0.3) is 0 Å². The minimum absolute atomic E-state index is 0.0922. The predicted octanol–water partition coefficient (Wildman–Crippen LogP) is 2.61. The van der Waals surface area contributed by atoms with Gasteiger partial charge < -0.3 is 5.32 Å². The molecular weight excluding hydrogens is 305 g/mol. The highest BCUT2D eigenvalue weighted by atomic mass is 32.2. The highest BCUT2D eigenvalue weighted by Gasteiger charge is 2.12. The van der Waals surface area contributed by atoms with Gasteiger partial charge >= 0.3 is 0 Å². The fraction of sp³-hybridized carbons (Fsp3) is 0.267. The van der Waals surface area contributed by atoms with Crippen molar-refractivity contribution in [2.75, 3.05) is 12.4 Å². The van der Waals surface area contributed by atoms with Gasteiger partial charge in [0.1, 0.15) is 16.5 Å². The maximum Gasteiger partial charge on any atom is 0.241 e. The third-order valence-electron chi connectivity index (χ3n) is 3.38. The molecule has 0 radical (unpaired) electrons. The van der Waals surface area contributed by atoms with Crippen LogP contribution in [0.2, 0.25) is 0 Å². The topological polar surface area (TPSA) is 71.1 Å². The molecule has 0 saturated heterocycles. The number of nitrogens with one attached hydrogen (secondary N) is 2. The molecule has 0 aliphatic rings. The molecule has 0 amide bonds. The van der Waals surface area contributed by atoms with Gasteiger partial charge in [0.15, 0.2) is 0 Å². The van der Waals surface area contributed by atoms with E-state index in [9.17, 15) is 12.8 Å². The predicted molar refractivity (Wildman–Crippen MR) is 83.7 cm³/mol. The average Bonchev–Trinajstić information content (AvgIpc) is 2.50. The van der Waals surface area contributed by atoms with Crippen molar-refractivity contribution >= 4 is 15.8 Å². The summed E-state index contributed by atoms with van der Waals surface area (Å²) in [4.78, 5) is 4.17. The molecule has 1 heterocycles. The zero-order valence-electron chi connectivity index (χ0n) is 12.6. The summed E-state index contributed by atoms with van der Waals surface area (Å²) >= 11 is 0. The number of hydrogen-bond acceptors (Lipinski definition) is 4. The van der Waals surface area contributed by atoms with Gasteiger partial charge in [-0.2, -0.15) is 0 Å². The van der Waals surface area contributed by atoms with E-state index in [0.29, 0.717) is 11.4 Å². The van der Waals surface area contributed by atoms with Crippen molar-refractivity contribution in [2.45, 2.75) is 24.8 Å². The second-order valence-electron chi connectivity index (χ2n) is 4.96. The molecule has 0 saturated carbocycles. The van der Waals surface area contributed by atoms with Crippen molar-refractivity contribution in [3.05, 3.63) is 53.5 Å². The quantitative estimate of drug-likeness (QED) is 0.887. The first-order valence-electron chi connectivity index (χ1n) is 6.75. The summed E-state index contributed by atoms with van der Waals surface area (Å²) in [5.41, 5.74) is 1.38. The Labute approximate surface area is 129 Å². The largest absolute Gasteiger partial charge is 0.364 e. The molecule has 22 heavy (non-hydrogen) atoms. The minimum Gasteiger partial charge on any atom is -0.364 e. The molecule has 0 spiro atoms. The van der Waals surface area contributed by atoms with E-state index in [1.54, 1.807) is 19.1 Å². The van der Waals surface area contributed by atoms with Crippen LogP contribution < -0.4 is 10.0 Å². The monoisotopic (exact) mass is 323 g/mol. The lowest BCUT2D eigenvalue weighted by atomic mass is 10.1. The number of nitrogens with zero attached hydrogens (tertiary/aromatic N) is 1. The lowest BCUT2D eigenvalue weighted by Gasteiger charge is -2.15. The zero-order valence-corrected chi connectivity index (χ0v) is 13.4. The molecule has 5 nitrogen and oxygen atoms in total. The molecule has 0 fully saturated rings. The Balaban J connectivity index is 2.15. The molecule has 1 aromatic carbocycles. The summed E-state index contributed by atoms with van der Waals surface area (Å²) in [7, 11) is -2.15. The highest BCUT2D eigenvalue weighted by molar-refractivity contribution is 7.89. The zero-order chi connectivity index (χ0) is 16.3. The standard InChI is InChI=1S/C15H18FN3O2S/c1-10-4-5-12(8-14(10)16)11(2)19-15-7-6-13(9-18-15)22(20,21)17-3/h4-9,11,17H,1-3H3,(H,18,19). The van der Waals surface area contributed by atoms with Gasteiger partial charge in [0.05, 0.1) is 6.04 Å². The van der Waals surface area contributed by atoms with Crippen molar-refractivity contribution in [3.8, 4) is 0 Å². The van der Waals surface area contributed by atoms with Gasteiger partial charge in [-0.05, 0) is 50.2 Å². The second kappa shape index (κ2) is 6.41. The van der Waals surface area contributed by atoms with Crippen LogP contribution in [0, 0.1) is 12.7 Å². The number of benzene rings is 1. The summed E-state index contributed by atoms with van der Waals surface area (Å²) in [5, 5.41) is 3.11. The van der Waals surface area contributed by atoms with Gasteiger partial charge in [0, 0.05) is 6.20 Å². The average molecular weight is 323 g/mol. The van der Waals surface area contributed by atoms with Gasteiger partial charge in [-0.1, -0.05) is 12.1 Å². The Hall–Kier alpha value is -1.99. The van der Waals surface area contributed by atoms with Gasteiger partial charge in [-0.15, -0.1) is 0 Å². The first kappa shape index (κ1) is 16.4. The molecule has 0 aliphatic heterocycles. The van der Waals surface area contributed by atoms with Crippen LogP contribution in [0.4, 0.5) is 10.2 Å². The molecule has 2 aromatic rings. The summed E-state index contributed by atoms with van der Waals surface area (Å²) in [5.74, 6) is 0.262. The molecule has 0 aliphatic carbocycles. The van der Waals surface area contributed by atoms with E-state index in [4.69, 9.17) is 0 Å². The molecule has 2 rings (SSSR count). The van der Waals surface area contributed by atoms with E-state index in [2.05, 4.69) is 15.0 Å². The van der Waals surface area contributed by atoms with Crippen molar-refractivity contribution in [1.29, 1.82) is 0 Å². The van der Waals surface area contributed by atoms with Crippen molar-refractivity contribution in [3.63, 3.8) is 0 Å². The number of pyridine rings is 1. The van der Waals surface area contributed by atoms with Crippen LogP contribution in [0.15, 0.2) is 41.4 Å². The van der Waals surface area contributed by atoms with E-state index in [-0.39, 0.29) is 16.8 Å². The molecule has 1 aromatic heterocycles. The minimum atomic E-state index is -3.50. The summed E-state index contributed by atoms with van der Waals surface area (Å²) in [6.45, 7) is 3.59.